The summed E-state index contributed by atoms with van der Waals surface area (Å²) in [7, 11) is 0. The molecule has 0 amide bonds. The highest BCUT2D eigenvalue weighted by Gasteiger charge is 2.19. The standard InChI is InChI=1S/C32H22N4/c1-4-12-23(13-5-1)28-29(24-14-6-2-7-15-24)36-31(30(35-28)25-16-8-3-9-17-25)26-18-10-19-27(22-26)32-33-20-11-21-34-32/h1-22H. The second kappa shape index (κ2) is 9.72. The van der Waals surface area contributed by atoms with Crippen LogP contribution in [0.1, 0.15) is 0 Å². The molecular formula is C32H22N4. The number of nitrogens with zero attached hydrogens (tertiary/aromatic N) is 4. The van der Waals surface area contributed by atoms with Gasteiger partial charge in [-0.25, -0.2) is 19.9 Å². The summed E-state index contributed by atoms with van der Waals surface area (Å²) in [5, 5.41) is 0. The third kappa shape index (κ3) is 4.28. The summed E-state index contributed by atoms with van der Waals surface area (Å²) in [5.41, 5.74) is 8.30. The minimum absolute atomic E-state index is 0.678. The van der Waals surface area contributed by atoms with Crippen molar-refractivity contribution >= 4 is 0 Å². The lowest BCUT2D eigenvalue weighted by Crippen LogP contribution is -2.01. The summed E-state index contributed by atoms with van der Waals surface area (Å²) >= 11 is 0. The van der Waals surface area contributed by atoms with E-state index in [1.165, 1.54) is 0 Å². The van der Waals surface area contributed by atoms with E-state index in [4.69, 9.17) is 9.97 Å². The Kier molecular flexibility index (Phi) is 5.83. The zero-order valence-corrected chi connectivity index (χ0v) is 19.5. The van der Waals surface area contributed by atoms with E-state index in [-0.39, 0.29) is 0 Å². The van der Waals surface area contributed by atoms with Crippen LogP contribution in [-0.4, -0.2) is 19.9 Å². The SMILES string of the molecule is c1ccc(-c2nc(-c3ccccc3)c(-c3cccc(-c4ncccn4)c3)nc2-c2ccccc2)cc1. The first-order chi connectivity index (χ1) is 17.9. The van der Waals surface area contributed by atoms with Gasteiger partial charge in [0.1, 0.15) is 0 Å². The van der Waals surface area contributed by atoms with Crippen molar-refractivity contribution in [2.75, 3.05) is 0 Å². The summed E-state index contributed by atoms with van der Waals surface area (Å²) < 4.78 is 0. The maximum atomic E-state index is 5.30. The van der Waals surface area contributed by atoms with E-state index in [2.05, 4.69) is 58.5 Å². The molecule has 0 radical (unpaired) electrons. The third-order valence-electron chi connectivity index (χ3n) is 6.00. The maximum absolute atomic E-state index is 5.30. The van der Waals surface area contributed by atoms with Gasteiger partial charge in [-0.15, -0.1) is 0 Å². The van der Waals surface area contributed by atoms with Crippen LogP contribution in [0.5, 0.6) is 0 Å². The molecular weight excluding hydrogens is 440 g/mol. The predicted octanol–water partition coefficient (Wildman–Crippen LogP) is 7.60. The van der Waals surface area contributed by atoms with Gasteiger partial charge in [0.15, 0.2) is 5.82 Å². The number of hydrogen-bond acceptors (Lipinski definition) is 4. The fraction of sp³-hybridized carbons (Fsp3) is 0. The number of benzene rings is 4. The summed E-state index contributed by atoms with van der Waals surface area (Å²) in [6, 6.07) is 40.7. The fourth-order valence-corrected chi connectivity index (χ4v) is 4.28. The lowest BCUT2D eigenvalue weighted by Gasteiger charge is -2.16. The van der Waals surface area contributed by atoms with Crippen LogP contribution in [0.15, 0.2) is 134 Å². The summed E-state index contributed by atoms with van der Waals surface area (Å²) in [4.78, 5) is 19.4. The average molecular weight is 463 g/mol. The monoisotopic (exact) mass is 462 g/mol. The van der Waals surface area contributed by atoms with Crippen LogP contribution < -0.4 is 0 Å². The van der Waals surface area contributed by atoms with E-state index < -0.39 is 0 Å². The highest BCUT2D eigenvalue weighted by Crippen LogP contribution is 2.37. The molecule has 4 aromatic carbocycles. The first-order valence-corrected chi connectivity index (χ1v) is 11.8. The first kappa shape index (κ1) is 21.6. The van der Waals surface area contributed by atoms with Crippen molar-refractivity contribution < 1.29 is 0 Å². The Balaban J connectivity index is 1.64. The molecule has 0 unspecified atom stereocenters. The van der Waals surface area contributed by atoms with Gasteiger partial charge in [-0.3, -0.25) is 0 Å². The maximum Gasteiger partial charge on any atom is 0.159 e. The summed E-state index contributed by atoms with van der Waals surface area (Å²) in [5.74, 6) is 0.678. The molecule has 6 rings (SSSR count). The molecule has 6 aromatic rings. The second-order valence-corrected chi connectivity index (χ2v) is 8.37. The highest BCUT2D eigenvalue weighted by molar-refractivity contribution is 5.87. The molecule has 4 nitrogen and oxygen atoms in total. The van der Waals surface area contributed by atoms with Crippen LogP contribution in [0.4, 0.5) is 0 Å². The molecule has 0 spiro atoms. The van der Waals surface area contributed by atoms with E-state index in [0.717, 1.165) is 50.6 Å². The quantitative estimate of drug-likeness (QED) is 0.265. The fourth-order valence-electron chi connectivity index (χ4n) is 4.28. The van der Waals surface area contributed by atoms with Gasteiger partial charge in [0.25, 0.3) is 0 Å². The first-order valence-electron chi connectivity index (χ1n) is 11.8. The third-order valence-corrected chi connectivity index (χ3v) is 6.00. The zero-order valence-electron chi connectivity index (χ0n) is 19.5. The van der Waals surface area contributed by atoms with Crippen LogP contribution in [0, 0.1) is 0 Å². The van der Waals surface area contributed by atoms with Crippen molar-refractivity contribution in [3.63, 3.8) is 0 Å². The highest BCUT2D eigenvalue weighted by atomic mass is 14.9. The normalized spacial score (nSPS) is 10.8. The Morgan fingerprint density at radius 1 is 0.333 bits per heavy atom. The molecule has 0 N–H and O–H groups in total. The summed E-state index contributed by atoms with van der Waals surface area (Å²) in [6.07, 6.45) is 3.51. The van der Waals surface area contributed by atoms with Crippen LogP contribution >= 0.6 is 0 Å². The van der Waals surface area contributed by atoms with E-state index in [1.54, 1.807) is 12.4 Å². The molecule has 0 aliphatic heterocycles. The van der Waals surface area contributed by atoms with Gasteiger partial charge in [0.2, 0.25) is 0 Å². The minimum Gasteiger partial charge on any atom is -0.243 e. The van der Waals surface area contributed by atoms with E-state index >= 15 is 0 Å². The Labute approximate surface area is 210 Å². The van der Waals surface area contributed by atoms with Crippen molar-refractivity contribution in [2.45, 2.75) is 0 Å². The minimum atomic E-state index is 0.678. The molecule has 0 aliphatic carbocycles. The molecule has 2 heterocycles. The van der Waals surface area contributed by atoms with Gasteiger partial charge in [0, 0.05) is 40.2 Å². The topological polar surface area (TPSA) is 51.6 Å². The van der Waals surface area contributed by atoms with Crippen molar-refractivity contribution in [3.8, 4) is 56.4 Å². The van der Waals surface area contributed by atoms with Crippen LogP contribution in [0.2, 0.25) is 0 Å². The van der Waals surface area contributed by atoms with Gasteiger partial charge in [-0.1, -0.05) is 109 Å². The van der Waals surface area contributed by atoms with Gasteiger partial charge in [-0.05, 0) is 12.1 Å². The van der Waals surface area contributed by atoms with Gasteiger partial charge < -0.3 is 0 Å². The number of aromatic nitrogens is 4. The molecule has 0 fully saturated rings. The molecule has 36 heavy (non-hydrogen) atoms. The molecule has 170 valence electrons. The molecule has 4 heteroatoms. The number of rotatable bonds is 5. The van der Waals surface area contributed by atoms with Crippen molar-refractivity contribution in [1.29, 1.82) is 0 Å². The second-order valence-electron chi connectivity index (χ2n) is 8.37. The van der Waals surface area contributed by atoms with Crippen LogP contribution in [0.25, 0.3) is 56.4 Å². The van der Waals surface area contributed by atoms with Crippen LogP contribution in [0.3, 0.4) is 0 Å². The molecule has 0 saturated carbocycles. The zero-order chi connectivity index (χ0) is 24.2. The molecule has 0 bridgehead atoms. The lowest BCUT2D eigenvalue weighted by atomic mass is 9.98. The Bertz CT molecular complexity index is 1600. The smallest absolute Gasteiger partial charge is 0.159 e. The summed E-state index contributed by atoms with van der Waals surface area (Å²) in [6.45, 7) is 0. The van der Waals surface area contributed by atoms with Crippen molar-refractivity contribution in [1.82, 2.24) is 19.9 Å². The van der Waals surface area contributed by atoms with Gasteiger partial charge in [0.05, 0.1) is 22.8 Å². The molecule has 0 atom stereocenters. The molecule has 0 saturated heterocycles. The van der Waals surface area contributed by atoms with E-state index in [1.807, 2.05) is 72.8 Å². The van der Waals surface area contributed by atoms with E-state index in [0.29, 0.717) is 5.82 Å². The lowest BCUT2D eigenvalue weighted by molar-refractivity contribution is 1.17. The van der Waals surface area contributed by atoms with E-state index in [9.17, 15) is 0 Å². The Hall–Kier alpha value is -4.96. The largest absolute Gasteiger partial charge is 0.243 e. The molecule has 2 aromatic heterocycles. The Morgan fingerprint density at radius 3 is 1.19 bits per heavy atom. The van der Waals surface area contributed by atoms with Crippen LogP contribution in [-0.2, 0) is 0 Å². The van der Waals surface area contributed by atoms with Crippen molar-refractivity contribution in [2.24, 2.45) is 0 Å². The predicted molar refractivity (Wildman–Crippen MR) is 145 cm³/mol. The number of hydrogen-bond donors (Lipinski definition) is 0. The Morgan fingerprint density at radius 2 is 0.722 bits per heavy atom. The van der Waals surface area contributed by atoms with Gasteiger partial charge >= 0.3 is 0 Å². The average Bonchev–Trinajstić information content (AvgIpc) is 2.98. The molecule has 0 aliphatic rings. The van der Waals surface area contributed by atoms with Crippen molar-refractivity contribution in [3.05, 3.63) is 134 Å². The van der Waals surface area contributed by atoms with Gasteiger partial charge in [-0.2, -0.15) is 0 Å².